The molecule has 0 aliphatic rings. The highest BCUT2D eigenvalue weighted by molar-refractivity contribution is 7.89. The number of benzene rings is 2. The van der Waals surface area contributed by atoms with Crippen LogP contribution in [0.1, 0.15) is 21.5 Å². The minimum absolute atomic E-state index is 0.0568. The first kappa shape index (κ1) is 16.1. The topological polar surface area (TPSA) is 75.3 Å². The van der Waals surface area contributed by atoms with Gasteiger partial charge in [-0.3, -0.25) is 10.2 Å². The highest BCUT2D eigenvalue weighted by Crippen LogP contribution is 2.16. The van der Waals surface area contributed by atoms with E-state index in [0.29, 0.717) is 5.56 Å². The number of amides is 1. The lowest BCUT2D eigenvalue weighted by molar-refractivity contribution is 0.0941. The highest BCUT2D eigenvalue weighted by atomic mass is 32.2. The number of hydrogen-bond donors (Lipinski definition) is 2. The molecule has 7 heteroatoms. The molecule has 0 heterocycles. The normalized spacial score (nSPS) is 11.2. The number of hydrogen-bond acceptors (Lipinski definition) is 3. The van der Waals surface area contributed by atoms with Crippen LogP contribution in [-0.2, 0) is 10.0 Å². The molecule has 0 saturated carbocycles. The lowest BCUT2D eigenvalue weighted by Gasteiger charge is -2.11. The van der Waals surface area contributed by atoms with E-state index in [1.54, 1.807) is 26.0 Å². The van der Waals surface area contributed by atoms with Crippen LogP contribution in [0, 0.1) is 19.7 Å². The Morgan fingerprint density at radius 1 is 1.09 bits per heavy atom. The molecule has 2 aromatic carbocycles. The van der Waals surface area contributed by atoms with Gasteiger partial charge in [-0.05, 0) is 43.2 Å². The van der Waals surface area contributed by atoms with Crippen molar-refractivity contribution in [2.75, 3.05) is 0 Å². The minimum Gasteiger partial charge on any atom is -0.273 e. The zero-order valence-corrected chi connectivity index (χ0v) is 12.9. The molecule has 2 aromatic rings. The highest BCUT2D eigenvalue weighted by Gasteiger charge is 2.19. The number of hydrazine groups is 1. The molecule has 2 N–H and O–H groups in total. The van der Waals surface area contributed by atoms with Gasteiger partial charge in [0.25, 0.3) is 15.9 Å². The van der Waals surface area contributed by atoms with E-state index in [9.17, 15) is 17.6 Å². The van der Waals surface area contributed by atoms with Crippen LogP contribution < -0.4 is 10.3 Å². The molecule has 0 spiro atoms. The van der Waals surface area contributed by atoms with E-state index >= 15 is 0 Å². The van der Waals surface area contributed by atoms with Gasteiger partial charge in [0.1, 0.15) is 5.82 Å². The van der Waals surface area contributed by atoms with E-state index in [0.717, 1.165) is 11.6 Å². The number of rotatable bonds is 4. The molecule has 5 nitrogen and oxygen atoms in total. The maximum Gasteiger partial charge on any atom is 0.269 e. The Hall–Kier alpha value is -2.25. The minimum atomic E-state index is -3.93. The fourth-order valence-corrected chi connectivity index (χ4v) is 3.05. The molecule has 2 rings (SSSR count). The fourth-order valence-electron chi connectivity index (χ4n) is 1.88. The first-order chi connectivity index (χ1) is 10.3. The maximum absolute atomic E-state index is 13.5. The fraction of sp³-hybridized carbons (Fsp3) is 0.133. The smallest absolute Gasteiger partial charge is 0.269 e. The Bertz CT molecular complexity index is 819. The third-order valence-corrected chi connectivity index (χ3v) is 4.44. The molecule has 0 saturated heterocycles. The lowest BCUT2D eigenvalue weighted by atomic mass is 10.2. The number of halogens is 1. The third kappa shape index (κ3) is 3.49. The number of carbonyl (C=O) groups is 1. The number of carbonyl (C=O) groups excluding carboxylic acids is 1. The van der Waals surface area contributed by atoms with Crippen LogP contribution in [0.3, 0.4) is 0 Å². The third-order valence-electron chi connectivity index (χ3n) is 3.05. The lowest BCUT2D eigenvalue weighted by Crippen LogP contribution is -2.42. The van der Waals surface area contributed by atoms with Crippen molar-refractivity contribution in [3.05, 3.63) is 65.0 Å². The summed E-state index contributed by atoms with van der Waals surface area (Å²) in [4.78, 5) is 13.8. The van der Waals surface area contributed by atoms with Gasteiger partial charge >= 0.3 is 0 Å². The largest absolute Gasteiger partial charge is 0.273 e. The van der Waals surface area contributed by atoms with Crippen molar-refractivity contribution in [3.63, 3.8) is 0 Å². The van der Waals surface area contributed by atoms with Crippen molar-refractivity contribution in [2.45, 2.75) is 18.7 Å². The summed E-state index contributed by atoms with van der Waals surface area (Å²) in [5.74, 6) is -1.60. The van der Waals surface area contributed by atoms with E-state index in [-0.39, 0.29) is 10.5 Å². The summed E-state index contributed by atoms with van der Waals surface area (Å²) in [6, 6.07) is 10.2. The summed E-state index contributed by atoms with van der Waals surface area (Å²) in [6.07, 6.45) is 0. The SMILES string of the molecule is Cc1ccc(C)c(S(=O)(=O)NNC(=O)c2ccccc2F)c1. The van der Waals surface area contributed by atoms with E-state index in [2.05, 4.69) is 0 Å². The first-order valence-corrected chi connectivity index (χ1v) is 7.93. The summed E-state index contributed by atoms with van der Waals surface area (Å²) in [6.45, 7) is 3.41. The Morgan fingerprint density at radius 3 is 2.45 bits per heavy atom. The molecule has 0 aromatic heterocycles. The zero-order valence-electron chi connectivity index (χ0n) is 12.1. The van der Waals surface area contributed by atoms with E-state index in [1.807, 2.05) is 10.3 Å². The van der Waals surface area contributed by atoms with Gasteiger partial charge in [-0.15, -0.1) is 4.83 Å². The molecule has 22 heavy (non-hydrogen) atoms. The Morgan fingerprint density at radius 2 is 1.77 bits per heavy atom. The maximum atomic E-state index is 13.5. The van der Waals surface area contributed by atoms with Gasteiger partial charge in [0.15, 0.2) is 0 Å². The van der Waals surface area contributed by atoms with Crippen molar-refractivity contribution in [3.8, 4) is 0 Å². The van der Waals surface area contributed by atoms with Crippen molar-refractivity contribution in [2.24, 2.45) is 0 Å². The van der Waals surface area contributed by atoms with Gasteiger partial charge in [0.2, 0.25) is 0 Å². The van der Waals surface area contributed by atoms with Crippen LogP contribution in [0.15, 0.2) is 47.4 Å². The predicted octanol–water partition coefficient (Wildman–Crippen LogP) is 2.07. The molecule has 0 bridgehead atoms. The van der Waals surface area contributed by atoms with Gasteiger partial charge < -0.3 is 0 Å². The molecule has 1 amide bonds. The van der Waals surface area contributed by atoms with Gasteiger partial charge in [-0.25, -0.2) is 12.8 Å². The van der Waals surface area contributed by atoms with Gasteiger partial charge in [0.05, 0.1) is 10.5 Å². The Balaban J connectivity index is 2.18. The Kier molecular flexibility index (Phi) is 4.58. The standard InChI is InChI=1S/C15H15FN2O3S/c1-10-7-8-11(2)14(9-10)22(20,21)18-17-15(19)12-5-3-4-6-13(12)16/h3-9,18H,1-2H3,(H,17,19). The molecule has 0 unspecified atom stereocenters. The van der Waals surface area contributed by atoms with Crippen molar-refractivity contribution in [1.29, 1.82) is 0 Å². The quantitative estimate of drug-likeness (QED) is 0.846. The van der Waals surface area contributed by atoms with E-state index < -0.39 is 21.7 Å². The number of aryl methyl sites for hydroxylation is 2. The van der Waals surface area contributed by atoms with Crippen LogP contribution in [0.25, 0.3) is 0 Å². The molecule has 0 radical (unpaired) electrons. The van der Waals surface area contributed by atoms with Gasteiger partial charge in [-0.2, -0.15) is 0 Å². The molecular formula is C15H15FN2O3S. The van der Waals surface area contributed by atoms with Crippen LogP contribution in [0.4, 0.5) is 4.39 Å². The number of sulfonamides is 1. The predicted molar refractivity (Wildman–Crippen MR) is 80.1 cm³/mol. The zero-order chi connectivity index (χ0) is 16.3. The second kappa shape index (κ2) is 6.25. The number of nitrogens with one attached hydrogen (secondary N) is 2. The molecule has 0 fully saturated rings. The summed E-state index contributed by atoms with van der Waals surface area (Å²) < 4.78 is 37.9. The van der Waals surface area contributed by atoms with Crippen LogP contribution in [-0.4, -0.2) is 14.3 Å². The van der Waals surface area contributed by atoms with Crippen LogP contribution >= 0.6 is 0 Å². The summed E-state index contributed by atoms with van der Waals surface area (Å²) in [5, 5.41) is 0. The first-order valence-electron chi connectivity index (χ1n) is 6.45. The van der Waals surface area contributed by atoms with Crippen molar-refractivity contribution >= 4 is 15.9 Å². The van der Waals surface area contributed by atoms with E-state index in [4.69, 9.17) is 0 Å². The average molecular weight is 322 g/mol. The molecule has 0 atom stereocenters. The van der Waals surface area contributed by atoms with Gasteiger partial charge in [-0.1, -0.05) is 24.3 Å². The van der Waals surface area contributed by atoms with Crippen LogP contribution in [0.2, 0.25) is 0 Å². The molecule has 116 valence electrons. The summed E-state index contributed by atoms with van der Waals surface area (Å²) >= 11 is 0. The van der Waals surface area contributed by atoms with Gasteiger partial charge in [0, 0.05) is 0 Å². The van der Waals surface area contributed by atoms with E-state index in [1.165, 1.54) is 24.3 Å². The Labute approximate surface area is 128 Å². The van der Waals surface area contributed by atoms with Crippen molar-refractivity contribution < 1.29 is 17.6 Å². The van der Waals surface area contributed by atoms with Crippen LogP contribution in [0.5, 0.6) is 0 Å². The second-order valence-corrected chi connectivity index (χ2v) is 6.46. The monoisotopic (exact) mass is 322 g/mol. The molecule has 0 aliphatic heterocycles. The summed E-state index contributed by atoms with van der Waals surface area (Å²) in [7, 11) is -3.93. The average Bonchev–Trinajstić information content (AvgIpc) is 2.48. The summed E-state index contributed by atoms with van der Waals surface area (Å²) in [5.41, 5.74) is 3.07. The molecular weight excluding hydrogens is 307 g/mol. The molecule has 0 aliphatic carbocycles. The van der Waals surface area contributed by atoms with Crippen molar-refractivity contribution in [1.82, 2.24) is 10.3 Å². The second-order valence-electron chi connectivity index (χ2n) is 4.81.